The van der Waals surface area contributed by atoms with E-state index in [4.69, 9.17) is 9.15 Å². The van der Waals surface area contributed by atoms with E-state index in [9.17, 15) is 0 Å². The van der Waals surface area contributed by atoms with Gasteiger partial charge in [-0.2, -0.15) is 0 Å². The van der Waals surface area contributed by atoms with E-state index in [-0.39, 0.29) is 6.10 Å². The van der Waals surface area contributed by atoms with Gasteiger partial charge in [-0.3, -0.25) is 0 Å². The third-order valence-electron chi connectivity index (χ3n) is 5.73. The third kappa shape index (κ3) is 2.68. The second kappa shape index (κ2) is 5.85. The molecule has 2 fully saturated rings. The zero-order chi connectivity index (χ0) is 16.8. The van der Waals surface area contributed by atoms with Gasteiger partial charge < -0.3 is 14.1 Å². The van der Waals surface area contributed by atoms with Gasteiger partial charge in [-0.15, -0.1) is 10.2 Å². The molecular formula is C20H21N3O2. The summed E-state index contributed by atoms with van der Waals surface area (Å²) in [5, 5.41) is 9.73. The Morgan fingerprint density at radius 3 is 2.64 bits per heavy atom. The Bertz CT molecular complexity index is 875. The van der Waals surface area contributed by atoms with Gasteiger partial charge in [0.05, 0.1) is 12.0 Å². The third-order valence-corrected chi connectivity index (χ3v) is 5.73. The molecule has 2 aliphatic rings. The highest BCUT2D eigenvalue weighted by molar-refractivity contribution is 5.82. The Balaban J connectivity index is 1.31. The zero-order valence-electron chi connectivity index (χ0n) is 14.3. The largest absolute Gasteiger partial charge is 0.473 e. The Labute approximate surface area is 146 Å². The second-order valence-electron chi connectivity index (χ2n) is 7.19. The number of rotatable bonds is 3. The van der Waals surface area contributed by atoms with E-state index < -0.39 is 0 Å². The first-order chi connectivity index (χ1) is 12.3. The summed E-state index contributed by atoms with van der Waals surface area (Å²) in [4.78, 5) is 2.51. The average Bonchev–Trinajstić information content (AvgIpc) is 3.16. The van der Waals surface area contributed by atoms with E-state index in [1.807, 2.05) is 30.3 Å². The monoisotopic (exact) mass is 335 g/mol. The number of benzene rings is 1. The van der Waals surface area contributed by atoms with Crippen molar-refractivity contribution < 1.29 is 9.15 Å². The molecule has 0 unspecified atom stereocenters. The quantitative estimate of drug-likeness (QED) is 0.727. The number of hydrogen-bond acceptors (Lipinski definition) is 5. The molecular weight excluding hydrogens is 314 g/mol. The Morgan fingerprint density at radius 1 is 1.04 bits per heavy atom. The van der Waals surface area contributed by atoms with E-state index in [1.165, 1.54) is 12.8 Å². The van der Waals surface area contributed by atoms with Crippen LogP contribution in [0.4, 0.5) is 0 Å². The minimum Gasteiger partial charge on any atom is -0.473 e. The molecule has 4 heterocycles. The molecule has 5 heteroatoms. The van der Waals surface area contributed by atoms with Gasteiger partial charge in [0.1, 0.15) is 11.7 Å². The molecule has 0 radical (unpaired) electrons. The van der Waals surface area contributed by atoms with E-state index in [1.54, 1.807) is 6.26 Å². The van der Waals surface area contributed by atoms with Crippen molar-refractivity contribution in [1.29, 1.82) is 0 Å². The summed E-state index contributed by atoms with van der Waals surface area (Å²) in [6, 6.07) is 13.2. The second-order valence-corrected chi connectivity index (χ2v) is 7.19. The van der Waals surface area contributed by atoms with Crippen molar-refractivity contribution in [2.45, 2.75) is 43.9 Å². The SMILES string of the molecule is CN1[C@@H]2CC[C@H]1C[C@@H](Oc1ccc(-c3ccc4occc4c3)nn1)C2. The highest BCUT2D eigenvalue weighted by atomic mass is 16.5. The predicted molar refractivity (Wildman–Crippen MR) is 95.5 cm³/mol. The molecule has 5 rings (SSSR count). The van der Waals surface area contributed by atoms with Gasteiger partial charge in [0.25, 0.3) is 0 Å². The van der Waals surface area contributed by atoms with Crippen LogP contribution in [-0.2, 0) is 0 Å². The fourth-order valence-electron chi connectivity index (χ4n) is 4.29. The summed E-state index contributed by atoms with van der Waals surface area (Å²) in [5.41, 5.74) is 2.76. The van der Waals surface area contributed by atoms with Crippen LogP contribution in [0, 0.1) is 0 Å². The lowest BCUT2D eigenvalue weighted by Gasteiger charge is -2.35. The molecule has 25 heavy (non-hydrogen) atoms. The van der Waals surface area contributed by atoms with Crippen LogP contribution in [0.15, 0.2) is 47.1 Å². The number of fused-ring (bicyclic) bond motifs is 3. The van der Waals surface area contributed by atoms with Crippen LogP contribution in [0.1, 0.15) is 25.7 Å². The summed E-state index contributed by atoms with van der Waals surface area (Å²) in [7, 11) is 2.24. The lowest BCUT2D eigenvalue weighted by atomic mass is 10.0. The summed E-state index contributed by atoms with van der Waals surface area (Å²) in [6.45, 7) is 0. The van der Waals surface area contributed by atoms with Gasteiger partial charge in [-0.25, -0.2) is 0 Å². The van der Waals surface area contributed by atoms with Gasteiger partial charge in [0.15, 0.2) is 0 Å². The van der Waals surface area contributed by atoms with Crippen molar-refractivity contribution >= 4 is 11.0 Å². The average molecular weight is 335 g/mol. The topological polar surface area (TPSA) is 51.4 Å². The van der Waals surface area contributed by atoms with Gasteiger partial charge >= 0.3 is 0 Å². The van der Waals surface area contributed by atoms with Crippen LogP contribution in [0.2, 0.25) is 0 Å². The minimum absolute atomic E-state index is 0.260. The molecule has 0 saturated carbocycles. The molecule has 2 aromatic heterocycles. The molecule has 3 atom stereocenters. The van der Waals surface area contributed by atoms with Crippen LogP contribution < -0.4 is 4.74 Å². The summed E-state index contributed by atoms with van der Waals surface area (Å²) < 4.78 is 11.5. The predicted octanol–water partition coefficient (Wildman–Crippen LogP) is 3.89. The molecule has 2 saturated heterocycles. The fourth-order valence-corrected chi connectivity index (χ4v) is 4.29. The number of furan rings is 1. The number of nitrogens with zero attached hydrogens (tertiary/aromatic N) is 3. The van der Waals surface area contributed by atoms with Crippen LogP contribution in [0.25, 0.3) is 22.2 Å². The molecule has 3 aromatic rings. The van der Waals surface area contributed by atoms with E-state index in [2.05, 4.69) is 28.2 Å². The molecule has 0 N–H and O–H groups in total. The number of piperidine rings is 1. The van der Waals surface area contributed by atoms with E-state index >= 15 is 0 Å². The molecule has 1 aromatic carbocycles. The van der Waals surface area contributed by atoms with Crippen molar-refractivity contribution in [2.24, 2.45) is 0 Å². The lowest BCUT2D eigenvalue weighted by Crippen LogP contribution is -2.43. The molecule has 5 nitrogen and oxygen atoms in total. The number of aromatic nitrogens is 2. The molecule has 2 bridgehead atoms. The maximum Gasteiger partial charge on any atom is 0.233 e. The molecule has 0 spiro atoms. The molecule has 2 aliphatic heterocycles. The van der Waals surface area contributed by atoms with Crippen molar-refractivity contribution in [2.75, 3.05) is 7.05 Å². The highest BCUT2D eigenvalue weighted by Crippen LogP contribution is 2.35. The number of hydrogen-bond donors (Lipinski definition) is 0. The van der Waals surface area contributed by atoms with Crippen LogP contribution in [-0.4, -0.2) is 40.3 Å². The van der Waals surface area contributed by atoms with Crippen molar-refractivity contribution in [3.8, 4) is 17.1 Å². The smallest absolute Gasteiger partial charge is 0.233 e. The summed E-state index contributed by atoms with van der Waals surface area (Å²) >= 11 is 0. The van der Waals surface area contributed by atoms with E-state index in [0.29, 0.717) is 18.0 Å². The Morgan fingerprint density at radius 2 is 1.88 bits per heavy atom. The van der Waals surface area contributed by atoms with Gasteiger partial charge in [0, 0.05) is 29.1 Å². The first-order valence-electron chi connectivity index (χ1n) is 8.96. The lowest BCUT2D eigenvalue weighted by molar-refractivity contribution is 0.0626. The summed E-state index contributed by atoms with van der Waals surface area (Å²) in [6.07, 6.45) is 6.73. The maximum atomic E-state index is 6.12. The van der Waals surface area contributed by atoms with Gasteiger partial charge in [-0.05, 0) is 63.1 Å². The van der Waals surface area contributed by atoms with E-state index in [0.717, 1.165) is 35.1 Å². The minimum atomic E-state index is 0.260. The summed E-state index contributed by atoms with van der Waals surface area (Å²) in [5.74, 6) is 0.627. The zero-order valence-corrected chi connectivity index (χ0v) is 14.3. The standard InChI is InChI=1S/C20H21N3O2/c1-23-15-3-4-16(23)12-17(11-15)25-20-7-5-18(21-22-20)13-2-6-19-14(10-13)8-9-24-19/h2,5-10,15-17H,3-4,11-12H2,1H3/t15-,16+,17+. The Kier molecular flexibility index (Phi) is 3.48. The highest BCUT2D eigenvalue weighted by Gasteiger charge is 2.39. The van der Waals surface area contributed by atoms with Crippen LogP contribution in [0.5, 0.6) is 5.88 Å². The number of ether oxygens (including phenoxy) is 1. The van der Waals surface area contributed by atoms with Crippen molar-refractivity contribution in [3.05, 3.63) is 42.7 Å². The van der Waals surface area contributed by atoms with Crippen molar-refractivity contribution in [3.63, 3.8) is 0 Å². The first-order valence-corrected chi connectivity index (χ1v) is 8.96. The maximum absolute atomic E-state index is 6.12. The van der Waals surface area contributed by atoms with Gasteiger partial charge in [-0.1, -0.05) is 0 Å². The molecule has 128 valence electrons. The first kappa shape index (κ1) is 14.9. The van der Waals surface area contributed by atoms with Gasteiger partial charge in [0.2, 0.25) is 5.88 Å². The normalized spacial score (nSPS) is 26.2. The molecule has 0 aliphatic carbocycles. The van der Waals surface area contributed by atoms with Crippen LogP contribution >= 0.6 is 0 Å². The fraction of sp³-hybridized carbons (Fsp3) is 0.400. The van der Waals surface area contributed by atoms with Crippen LogP contribution in [0.3, 0.4) is 0 Å². The van der Waals surface area contributed by atoms with Crippen molar-refractivity contribution in [1.82, 2.24) is 15.1 Å². The molecule has 0 amide bonds. The Hall–Kier alpha value is -2.40.